The van der Waals surface area contributed by atoms with Crippen LogP contribution in [0.1, 0.15) is 30.4 Å². The maximum absolute atomic E-state index is 12.9. The minimum atomic E-state index is -4.49. The third-order valence-corrected chi connectivity index (χ3v) is 3.77. The van der Waals surface area contributed by atoms with Gasteiger partial charge in [-0.25, -0.2) is 13.6 Å². The van der Waals surface area contributed by atoms with Gasteiger partial charge in [0, 0.05) is 13.0 Å². The van der Waals surface area contributed by atoms with Gasteiger partial charge in [0.25, 0.3) is 0 Å². The molecule has 0 aliphatic heterocycles. The number of rotatable bonds is 6. The smallest absolute Gasteiger partial charge is 0.355 e. The Morgan fingerprint density at radius 2 is 1.91 bits per heavy atom. The summed E-state index contributed by atoms with van der Waals surface area (Å²) in [4.78, 5) is 11.6. The molecule has 0 saturated carbocycles. The molecule has 22 heavy (non-hydrogen) atoms. The molecule has 1 rings (SSSR count). The Hall–Kier alpha value is -1.61. The molecule has 9 heteroatoms. The van der Waals surface area contributed by atoms with Crippen LogP contribution < -0.4 is 10.5 Å². The van der Waals surface area contributed by atoms with E-state index >= 15 is 0 Å². The minimum Gasteiger partial charge on any atom is -0.355 e. The fourth-order valence-electron chi connectivity index (χ4n) is 1.98. The van der Waals surface area contributed by atoms with Crippen molar-refractivity contribution in [3.8, 4) is 0 Å². The van der Waals surface area contributed by atoms with E-state index in [-0.39, 0.29) is 18.5 Å². The van der Waals surface area contributed by atoms with Crippen molar-refractivity contribution in [2.45, 2.75) is 25.4 Å². The molecule has 1 aromatic carbocycles. The second-order valence-corrected chi connectivity index (χ2v) is 6.64. The molecule has 3 N–H and O–H groups in total. The first kappa shape index (κ1) is 18.4. The standard InChI is InChI=1S/C13H17F3N2O3S/c1-9(8-12(19)18-6-7-22(17,20)21)10-4-2-3-5-11(10)13(14,15)16/h2-5,9H,6-8H2,1H3,(H,18,19)(H2,17,20,21)/t9-/m1/s1. The van der Waals surface area contributed by atoms with Crippen molar-refractivity contribution in [3.63, 3.8) is 0 Å². The van der Waals surface area contributed by atoms with Crippen LogP contribution in [0.3, 0.4) is 0 Å². The van der Waals surface area contributed by atoms with Crippen LogP contribution in [0.4, 0.5) is 13.2 Å². The molecular formula is C13H17F3N2O3S. The molecule has 0 aliphatic rings. The van der Waals surface area contributed by atoms with E-state index in [0.717, 1.165) is 6.07 Å². The quantitative estimate of drug-likeness (QED) is 0.826. The van der Waals surface area contributed by atoms with Gasteiger partial charge in [0.05, 0.1) is 11.3 Å². The number of sulfonamides is 1. The van der Waals surface area contributed by atoms with E-state index in [2.05, 4.69) is 5.32 Å². The van der Waals surface area contributed by atoms with Crippen LogP contribution in [0.15, 0.2) is 24.3 Å². The number of hydrogen-bond acceptors (Lipinski definition) is 3. The van der Waals surface area contributed by atoms with Gasteiger partial charge in [-0.05, 0) is 17.5 Å². The number of hydrogen-bond donors (Lipinski definition) is 2. The van der Waals surface area contributed by atoms with Crippen LogP contribution in [0.2, 0.25) is 0 Å². The van der Waals surface area contributed by atoms with E-state index in [1.165, 1.54) is 25.1 Å². The Balaban J connectivity index is 2.70. The number of primary sulfonamides is 1. The van der Waals surface area contributed by atoms with Crippen LogP contribution in [0, 0.1) is 0 Å². The van der Waals surface area contributed by atoms with Gasteiger partial charge >= 0.3 is 6.18 Å². The lowest BCUT2D eigenvalue weighted by molar-refractivity contribution is -0.138. The zero-order valence-electron chi connectivity index (χ0n) is 11.9. The largest absolute Gasteiger partial charge is 0.416 e. The number of benzene rings is 1. The number of amides is 1. The summed E-state index contributed by atoms with van der Waals surface area (Å²) in [7, 11) is -3.69. The molecule has 1 amide bonds. The Labute approximate surface area is 126 Å². The van der Waals surface area contributed by atoms with Gasteiger partial charge in [0.2, 0.25) is 15.9 Å². The van der Waals surface area contributed by atoms with E-state index in [1.54, 1.807) is 0 Å². The molecule has 124 valence electrons. The number of nitrogens with one attached hydrogen (secondary N) is 1. The molecule has 0 aliphatic carbocycles. The predicted octanol–water partition coefficient (Wildman–Crippen LogP) is 1.60. The molecule has 1 atom stereocenters. The zero-order valence-corrected chi connectivity index (χ0v) is 12.7. The lowest BCUT2D eigenvalue weighted by atomic mass is 9.92. The van der Waals surface area contributed by atoms with Gasteiger partial charge in [-0.1, -0.05) is 25.1 Å². The van der Waals surface area contributed by atoms with Crippen LogP contribution in [-0.4, -0.2) is 26.6 Å². The van der Waals surface area contributed by atoms with Crippen molar-refractivity contribution >= 4 is 15.9 Å². The van der Waals surface area contributed by atoms with Crippen molar-refractivity contribution in [2.24, 2.45) is 5.14 Å². The predicted molar refractivity (Wildman–Crippen MR) is 75.5 cm³/mol. The summed E-state index contributed by atoms with van der Waals surface area (Å²) in [5.41, 5.74) is -0.753. The highest BCUT2D eigenvalue weighted by molar-refractivity contribution is 7.89. The first-order valence-corrected chi connectivity index (χ1v) is 8.15. The monoisotopic (exact) mass is 338 g/mol. The average molecular weight is 338 g/mol. The molecule has 0 spiro atoms. The van der Waals surface area contributed by atoms with Crippen molar-refractivity contribution in [1.29, 1.82) is 0 Å². The lowest BCUT2D eigenvalue weighted by Crippen LogP contribution is -2.32. The summed E-state index contributed by atoms with van der Waals surface area (Å²) in [5.74, 6) is -1.62. The van der Waals surface area contributed by atoms with E-state index in [9.17, 15) is 26.4 Å². The van der Waals surface area contributed by atoms with E-state index in [0.29, 0.717) is 0 Å². The normalized spacial score (nSPS) is 13.7. The summed E-state index contributed by atoms with van der Waals surface area (Å²) in [6, 6.07) is 5.04. The molecule has 0 fully saturated rings. The highest BCUT2D eigenvalue weighted by atomic mass is 32.2. The van der Waals surface area contributed by atoms with Crippen LogP contribution in [0.25, 0.3) is 0 Å². The van der Waals surface area contributed by atoms with Crippen molar-refractivity contribution in [2.75, 3.05) is 12.3 Å². The van der Waals surface area contributed by atoms with Gasteiger partial charge in [0.15, 0.2) is 0 Å². The molecule has 0 saturated heterocycles. The summed E-state index contributed by atoms with van der Waals surface area (Å²) < 4.78 is 60.1. The minimum absolute atomic E-state index is 0.0246. The third-order valence-electron chi connectivity index (χ3n) is 3.00. The van der Waals surface area contributed by atoms with Gasteiger partial charge in [-0.3, -0.25) is 4.79 Å². The molecule has 0 bridgehead atoms. The molecule has 1 aromatic rings. The highest BCUT2D eigenvalue weighted by Gasteiger charge is 2.34. The van der Waals surface area contributed by atoms with Gasteiger partial charge in [-0.2, -0.15) is 13.2 Å². The number of carbonyl (C=O) groups excluding carboxylic acids is 1. The SMILES string of the molecule is C[C@H](CC(=O)NCCS(N)(=O)=O)c1ccccc1C(F)(F)F. The van der Waals surface area contributed by atoms with E-state index in [1.807, 2.05) is 0 Å². The number of halogens is 3. The molecule has 0 radical (unpaired) electrons. The van der Waals surface area contributed by atoms with Crippen LogP contribution >= 0.6 is 0 Å². The van der Waals surface area contributed by atoms with Gasteiger partial charge in [0.1, 0.15) is 0 Å². The molecule has 0 aromatic heterocycles. The highest BCUT2D eigenvalue weighted by Crippen LogP contribution is 2.35. The molecule has 0 unspecified atom stereocenters. The first-order chi connectivity index (χ1) is 10.0. The summed E-state index contributed by atoms with van der Waals surface area (Å²) in [5, 5.41) is 7.10. The Morgan fingerprint density at radius 3 is 2.45 bits per heavy atom. The second kappa shape index (κ2) is 7.10. The van der Waals surface area contributed by atoms with Crippen LogP contribution in [-0.2, 0) is 21.0 Å². The lowest BCUT2D eigenvalue weighted by Gasteiger charge is -2.18. The number of alkyl halides is 3. The molecule has 0 heterocycles. The summed E-state index contributed by atoms with van der Waals surface area (Å²) in [6.45, 7) is 1.33. The molecular weight excluding hydrogens is 321 g/mol. The maximum atomic E-state index is 12.9. The Morgan fingerprint density at radius 1 is 1.32 bits per heavy atom. The van der Waals surface area contributed by atoms with E-state index < -0.39 is 39.3 Å². The fraction of sp³-hybridized carbons (Fsp3) is 0.462. The van der Waals surface area contributed by atoms with E-state index in [4.69, 9.17) is 5.14 Å². The Bertz CT molecular complexity index is 630. The number of carbonyl (C=O) groups is 1. The third kappa shape index (κ3) is 6.02. The van der Waals surface area contributed by atoms with Crippen molar-refractivity contribution < 1.29 is 26.4 Å². The molecule has 5 nitrogen and oxygen atoms in total. The zero-order chi connectivity index (χ0) is 17.0. The fourth-order valence-corrected chi connectivity index (χ4v) is 2.36. The van der Waals surface area contributed by atoms with Crippen LogP contribution in [0.5, 0.6) is 0 Å². The summed E-state index contributed by atoms with van der Waals surface area (Å²) in [6.07, 6.45) is -4.67. The average Bonchev–Trinajstić information content (AvgIpc) is 2.36. The number of nitrogens with two attached hydrogens (primary N) is 1. The summed E-state index contributed by atoms with van der Waals surface area (Å²) >= 11 is 0. The van der Waals surface area contributed by atoms with Gasteiger partial charge in [-0.15, -0.1) is 0 Å². The topological polar surface area (TPSA) is 89.3 Å². The van der Waals surface area contributed by atoms with Crippen molar-refractivity contribution in [3.05, 3.63) is 35.4 Å². The Kier molecular flexibility index (Phi) is 5.95. The first-order valence-electron chi connectivity index (χ1n) is 6.44. The second-order valence-electron chi connectivity index (χ2n) is 4.91. The van der Waals surface area contributed by atoms with Crippen molar-refractivity contribution in [1.82, 2.24) is 5.32 Å². The maximum Gasteiger partial charge on any atom is 0.416 e. The van der Waals surface area contributed by atoms with Gasteiger partial charge < -0.3 is 5.32 Å².